The second kappa shape index (κ2) is 7.73. The summed E-state index contributed by atoms with van der Waals surface area (Å²) in [6.45, 7) is 1.46. The third-order valence-electron chi connectivity index (χ3n) is 3.93. The first kappa shape index (κ1) is 18.8. The molecule has 27 heavy (non-hydrogen) atoms. The van der Waals surface area contributed by atoms with Gasteiger partial charge in [0.05, 0.1) is 30.3 Å². The highest BCUT2D eigenvalue weighted by molar-refractivity contribution is 5.63. The number of alkyl halides is 3. The van der Waals surface area contributed by atoms with Gasteiger partial charge in [0.2, 0.25) is 0 Å². The van der Waals surface area contributed by atoms with Crippen molar-refractivity contribution < 1.29 is 17.9 Å². The fraction of sp³-hybridized carbons (Fsp3) is 0.375. The average molecular weight is 379 g/mol. The van der Waals surface area contributed by atoms with Crippen LogP contribution in [0.4, 0.5) is 30.5 Å². The van der Waals surface area contributed by atoms with Crippen LogP contribution in [0.1, 0.15) is 11.3 Å². The number of likely N-dealkylation sites (N-methyl/N-ethyl adjacent to an activating group) is 1. The van der Waals surface area contributed by atoms with E-state index in [-0.39, 0.29) is 23.0 Å². The third-order valence-corrected chi connectivity index (χ3v) is 3.93. The van der Waals surface area contributed by atoms with Crippen LogP contribution in [-0.2, 0) is 10.9 Å². The van der Waals surface area contributed by atoms with Crippen LogP contribution >= 0.6 is 0 Å². The van der Waals surface area contributed by atoms with Crippen LogP contribution < -0.4 is 15.5 Å². The van der Waals surface area contributed by atoms with Crippen LogP contribution in [-0.4, -0.2) is 47.9 Å². The topological polar surface area (TPSA) is 99.0 Å². The van der Waals surface area contributed by atoms with Crippen LogP contribution in [0.15, 0.2) is 24.7 Å². The zero-order valence-corrected chi connectivity index (χ0v) is 14.3. The fourth-order valence-corrected chi connectivity index (χ4v) is 2.56. The van der Waals surface area contributed by atoms with E-state index in [0.717, 1.165) is 6.20 Å². The van der Waals surface area contributed by atoms with Crippen molar-refractivity contribution in [1.29, 1.82) is 5.26 Å². The van der Waals surface area contributed by atoms with Gasteiger partial charge in [-0.15, -0.1) is 0 Å². The molecule has 142 valence electrons. The van der Waals surface area contributed by atoms with Gasteiger partial charge in [0.25, 0.3) is 0 Å². The number of rotatable bonds is 4. The average Bonchev–Trinajstić information content (AvgIpc) is 2.68. The number of morpholine rings is 1. The number of nitriles is 1. The van der Waals surface area contributed by atoms with Gasteiger partial charge in [-0.2, -0.15) is 18.4 Å². The number of hydrogen-bond donors (Lipinski definition) is 2. The first-order valence-corrected chi connectivity index (χ1v) is 8.00. The largest absolute Gasteiger partial charge is 0.419 e. The van der Waals surface area contributed by atoms with Crippen molar-refractivity contribution >= 4 is 17.3 Å². The summed E-state index contributed by atoms with van der Waals surface area (Å²) in [6, 6.07) is 3.11. The van der Waals surface area contributed by atoms with Gasteiger partial charge >= 0.3 is 6.18 Å². The van der Waals surface area contributed by atoms with Crippen LogP contribution in [0, 0.1) is 11.3 Å². The molecule has 0 bridgehead atoms. The second-order valence-corrected chi connectivity index (χ2v) is 5.75. The van der Waals surface area contributed by atoms with E-state index in [2.05, 4.69) is 25.6 Å². The fourth-order valence-electron chi connectivity index (χ4n) is 2.56. The minimum Gasteiger partial charge on any atom is -0.356 e. The maximum atomic E-state index is 13.4. The maximum absolute atomic E-state index is 13.4. The molecule has 8 nitrogen and oxygen atoms in total. The highest BCUT2D eigenvalue weighted by Gasteiger charge is 2.36. The molecule has 0 aliphatic carbocycles. The number of nitrogens with zero attached hydrogens (tertiary/aromatic N) is 5. The van der Waals surface area contributed by atoms with Gasteiger partial charge in [0.1, 0.15) is 23.9 Å². The molecule has 1 saturated heterocycles. The minimum atomic E-state index is -4.56. The number of nitrogens with one attached hydrogen (secondary N) is 2. The first-order chi connectivity index (χ1) is 12.9. The summed E-state index contributed by atoms with van der Waals surface area (Å²) in [7, 11) is 1.54. The molecule has 0 spiro atoms. The van der Waals surface area contributed by atoms with Crippen molar-refractivity contribution in [3.8, 4) is 6.07 Å². The lowest BCUT2D eigenvalue weighted by molar-refractivity contribution is -0.137. The van der Waals surface area contributed by atoms with E-state index in [1.807, 2.05) is 6.07 Å². The molecule has 1 aliphatic heterocycles. The van der Waals surface area contributed by atoms with Crippen LogP contribution in [0.25, 0.3) is 0 Å². The lowest BCUT2D eigenvalue weighted by Gasteiger charge is -2.34. The Morgan fingerprint density at radius 1 is 1.26 bits per heavy atom. The molecule has 11 heteroatoms. The van der Waals surface area contributed by atoms with Crippen LogP contribution in [0.2, 0.25) is 0 Å². The summed E-state index contributed by atoms with van der Waals surface area (Å²) in [5.41, 5.74) is -0.811. The van der Waals surface area contributed by atoms with Gasteiger partial charge in [-0.3, -0.25) is 0 Å². The molecule has 2 aromatic heterocycles. The number of pyridine rings is 1. The quantitative estimate of drug-likeness (QED) is 0.831. The van der Waals surface area contributed by atoms with Crippen molar-refractivity contribution in [2.75, 3.05) is 37.0 Å². The Morgan fingerprint density at radius 2 is 2.04 bits per heavy atom. The van der Waals surface area contributed by atoms with E-state index >= 15 is 0 Å². The summed E-state index contributed by atoms with van der Waals surface area (Å²) in [5.74, 6) is 0.415. The van der Waals surface area contributed by atoms with Gasteiger partial charge in [0.15, 0.2) is 5.69 Å². The van der Waals surface area contributed by atoms with E-state index in [0.29, 0.717) is 19.7 Å². The van der Waals surface area contributed by atoms with E-state index in [1.54, 1.807) is 0 Å². The van der Waals surface area contributed by atoms with Crippen LogP contribution in [0.5, 0.6) is 0 Å². The molecular formula is C16H16F3N7O. The molecule has 0 radical (unpaired) electrons. The number of halogens is 3. The predicted molar refractivity (Wildman–Crippen MR) is 90.3 cm³/mol. The molecule has 0 saturated carbocycles. The van der Waals surface area contributed by atoms with E-state index in [1.165, 1.54) is 30.4 Å². The van der Waals surface area contributed by atoms with Gasteiger partial charge < -0.3 is 20.3 Å². The molecule has 0 unspecified atom stereocenters. The van der Waals surface area contributed by atoms with Gasteiger partial charge in [-0.05, 0) is 0 Å². The smallest absolute Gasteiger partial charge is 0.356 e. The molecule has 0 amide bonds. The highest BCUT2D eigenvalue weighted by Crippen LogP contribution is 2.37. The number of anilines is 3. The zero-order chi connectivity index (χ0) is 19.4. The Hall–Kier alpha value is -2.97. The molecular weight excluding hydrogens is 363 g/mol. The van der Waals surface area contributed by atoms with Crippen molar-refractivity contribution in [3.05, 3.63) is 35.9 Å². The molecule has 3 rings (SSSR count). The zero-order valence-electron chi connectivity index (χ0n) is 14.3. The van der Waals surface area contributed by atoms with Gasteiger partial charge in [0, 0.05) is 32.4 Å². The minimum absolute atomic E-state index is 0.0738. The van der Waals surface area contributed by atoms with Crippen molar-refractivity contribution in [3.63, 3.8) is 0 Å². The Bertz CT molecular complexity index is 829. The summed E-state index contributed by atoms with van der Waals surface area (Å²) in [6.07, 6.45) is -1.78. The van der Waals surface area contributed by atoms with Gasteiger partial charge in [-0.25, -0.2) is 15.0 Å². The van der Waals surface area contributed by atoms with Crippen molar-refractivity contribution in [2.45, 2.75) is 12.4 Å². The summed E-state index contributed by atoms with van der Waals surface area (Å²) in [5, 5.41) is 14.6. The molecule has 2 aromatic rings. The molecule has 1 aliphatic rings. The summed E-state index contributed by atoms with van der Waals surface area (Å²) >= 11 is 0. The second-order valence-electron chi connectivity index (χ2n) is 5.75. The van der Waals surface area contributed by atoms with E-state index < -0.39 is 18.0 Å². The summed E-state index contributed by atoms with van der Waals surface area (Å²) < 4.78 is 45.8. The predicted octanol–water partition coefficient (Wildman–Crippen LogP) is 1.89. The maximum Gasteiger partial charge on any atom is 0.419 e. The summed E-state index contributed by atoms with van der Waals surface area (Å²) in [4.78, 5) is 13.1. The SMILES string of the molecule is CN(c1cc(Nc2cnc(C#N)cn2)ncc1C(F)(F)F)[C@H]1CNCCO1. The Kier molecular flexibility index (Phi) is 5.38. The third kappa shape index (κ3) is 4.42. The monoisotopic (exact) mass is 379 g/mol. The molecule has 2 N–H and O–H groups in total. The van der Waals surface area contributed by atoms with Crippen LogP contribution in [0.3, 0.4) is 0 Å². The Morgan fingerprint density at radius 3 is 2.63 bits per heavy atom. The normalized spacial score (nSPS) is 17.2. The molecule has 1 atom stereocenters. The lowest BCUT2D eigenvalue weighted by atomic mass is 10.2. The lowest BCUT2D eigenvalue weighted by Crippen LogP contribution is -2.48. The van der Waals surface area contributed by atoms with Crippen molar-refractivity contribution in [1.82, 2.24) is 20.3 Å². The standard InChI is InChI=1S/C16H16F3N7O/c1-26(15-9-21-2-3-27-15)12-4-13(24-7-11(12)16(17,18)19)25-14-8-22-10(5-20)6-23-14/h4,6-8,15,21H,2-3,9H2,1H3,(H,23,24,25)/t15-/m1/s1. The number of hydrogen-bond acceptors (Lipinski definition) is 8. The van der Waals surface area contributed by atoms with Crippen molar-refractivity contribution in [2.24, 2.45) is 0 Å². The molecule has 1 fully saturated rings. The molecule has 0 aromatic carbocycles. The Labute approximate surface area is 153 Å². The van der Waals surface area contributed by atoms with E-state index in [9.17, 15) is 13.2 Å². The highest BCUT2D eigenvalue weighted by atomic mass is 19.4. The van der Waals surface area contributed by atoms with E-state index in [4.69, 9.17) is 10.00 Å². The number of aromatic nitrogens is 3. The number of ether oxygens (including phenoxy) is 1. The first-order valence-electron chi connectivity index (χ1n) is 8.00. The Balaban J connectivity index is 1.91. The van der Waals surface area contributed by atoms with Gasteiger partial charge in [-0.1, -0.05) is 0 Å². The molecule has 3 heterocycles.